The average molecular weight is 423 g/mol. The summed E-state index contributed by atoms with van der Waals surface area (Å²) in [7, 11) is 5.49. The summed E-state index contributed by atoms with van der Waals surface area (Å²) in [6, 6.07) is 15.9. The molecule has 0 saturated carbocycles. The third-order valence-corrected chi connectivity index (χ3v) is 6.18. The van der Waals surface area contributed by atoms with Crippen molar-refractivity contribution in [2.24, 2.45) is 0 Å². The van der Waals surface area contributed by atoms with Gasteiger partial charge in [-0.25, -0.2) is 4.79 Å². The number of nitrogens with zero attached hydrogens (tertiary/aromatic N) is 2. The summed E-state index contributed by atoms with van der Waals surface area (Å²) in [5, 5.41) is 0.943. The maximum Gasteiger partial charge on any atom is 0.336 e. The van der Waals surface area contributed by atoms with E-state index in [4.69, 9.17) is 13.9 Å². The monoisotopic (exact) mass is 422 g/mol. The summed E-state index contributed by atoms with van der Waals surface area (Å²) in [4.78, 5) is 17.2. The van der Waals surface area contributed by atoms with Crippen LogP contribution in [0.4, 0.5) is 0 Å². The fourth-order valence-electron chi connectivity index (χ4n) is 4.41. The third kappa shape index (κ3) is 4.92. The van der Waals surface area contributed by atoms with Crippen molar-refractivity contribution in [1.29, 1.82) is 0 Å². The van der Waals surface area contributed by atoms with Gasteiger partial charge in [-0.3, -0.25) is 4.90 Å². The van der Waals surface area contributed by atoms with Crippen LogP contribution in [-0.4, -0.2) is 50.2 Å². The van der Waals surface area contributed by atoms with E-state index in [1.807, 2.05) is 30.3 Å². The van der Waals surface area contributed by atoms with Gasteiger partial charge < -0.3 is 18.8 Å². The topological polar surface area (TPSA) is 55.2 Å². The summed E-state index contributed by atoms with van der Waals surface area (Å²) >= 11 is 0. The molecule has 0 spiro atoms. The quantitative estimate of drug-likeness (QED) is 0.538. The van der Waals surface area contributed by atoms with E-state index in [1.165, 1.54) is 0 Å². The number of fused-ring (bicyclic) bond motifs is 1. The van der Waals surface area contributed by atoms with Crippen molar-refractivity contribution >= 4 is 11.0 Å². The van der Waals surface area contributed by atoms with E-state index < -0.39 is 0 Å². The van der Waals surface area contributed by atoms with Gasteiger partial charge in [-0.2, -0.15) is 0 Å². The van der Waals surface area contributed by atoms with E-state index >= 15 is 0 Å². The highest BCUT2D eigenvalue weighted by molar-refractivity contribution is 5.81. The second-order valence-corrected chi connectivity index (χ2v) is 8.20. The van der Waals surface area contributed by atoms with Crippen LogP contribution in [0.15, 0.2) is 57.7 Å². The molecular weight excluding hydrogens is 392 g/mol. The molecule has 164 valence electrons. The molecule has 6 nitrogen and oxygen atoms in total. The summed E-state index contributed by atoms with van der Waals surface area (Å²) < 4.78 is 16.4. The van der Waals surface area contributed by atoms with Crippen LogP contribution in [0.2, 0.25) is 0 Å². The summed E-state index contributed by atoms with van der Waals surface area (Å²) in [6.07, 6.45) is 2.19. The lowest BCUT2D eigenvalue weighted by Crippen LogP contribution is -2.43. The molecule has 0 N–H and O–H groups in total. The largest absolute Gasteiger partial charge is 0.497 e. The Hall–Kier alpha value is -2.83. The zero-order valence-electron chi connectivity index (χ0n) is 18.5. The van der Waals surface area contributed by atoms with Crippen LogP contribution in [0.3, 0.4) is 0 Å². The highest BCUT2D eigenvalue weighted by Gasteiger charge is 2.25. The smallest absolute Gasteiger partial charge is 0.336 e. The Morgan fingerprint density at radius 2 is 1.74 bits per heavy atom. The number of hydrogen-bond acceptors (Lipinski definition) is 6. The van der Waals surface area contributed by atoms with Crippen molar-refractivity contribution in [1.82, 2.24) is 9.80 Å². The van der Waals surface area contributed by atoms with Gasteiger partial charge >= 0.3 is 5.63 Å². The molecule has 1 aliphatic rings. The third-order valence-electron chi connectivity index (χ3n) is 6.18. The first-order valence-electron chi connectivity index (χ1n) is 10.7. The second kappa shape index (κ2) is 9.54. The highest BCUT2D eigenvalue weighted by Crippen LogP contribution is 2.28. The molecule has 2 aromatic carbocycles. The normalized spacial score (nSPS) is 15.5. The Kier molecular flexibility index (Phi) is 6.59. The van der Waals surface area contributed by atoms with E-state index in [-0.39, 0.29) is 5.63 Å². The molecule has 1 aromatic heterocycles. The maximum atomic E-state index is 12.3. The van der Waals surface area contributed by atoms with E-state index in [2.05, 4.69) is 22.9 Å². The predicted molar refractivity (Wildman–Crippen MR) is 122 cm³/mol. The first kappa shape index (κ1) is 21.4. The lowest BCUT2D eigenvalue weighted by molar-refractivity contribution is 0.107. The van der Waals surface area contributed by atoms with Gasteiger partial charge in [0.2, 0.25) is 0 Å². The van der Waals surface area contributed by atoms with Gasteiger partial charge in [0.05, 0.1) is 14.2 Å². The molecule has 1 fully saturated rings. The van der Waals surface area contributed by atoms with Gasteiger partial charge in [0.1, 0.15) is 17.1 Å². The van der Waals surface area contributed by atoms with Crippen molar-refractivity contribution in [2.45, 2.75) is 32.0 Å². The summed E-state index contributed by atoms with van der Waals surface area (Å²) in [5.41, 5.74) is 2.35. The Balaban J connectivity index is 1.69. The second-order valence-electron chi connectivity index (χ2n) is 8.20. The summed E-state index contributed by atoms with van der Waals surface area (Å²) in [5.74, 6) is 1.57. The van der Waals surface area contributed by atoms with Crippen LogP contribution < -0.4 is 15.1 Å². The molecular formula is C25H30N2O4. The number of ether oxygens (including phenoxy) is 2. The minimum Gasteiger partial charge on any atom is -0.497 e. The van der Waals surface area contributed by atoms with Crippen molar-refractivity contribution < 1.29 is 13.9 Å². The van der Waals surface area contributed by atoms with Gasteiger partial charge in [0.15, 0.2) is 0 Å². The molecule has 0 aliphatic carbocycles. The van der Waals surface area contributed by atoms with E-state index in [0.29, 0.717) is 23.9 Å². The van der Waals surface area contributed by atoms with Crippen LogP contribution in [0, 0.1) is 0 Å². The molecule has 3 aromatic rings. The molecule has 0 bridgehead atoms. The maximum absolute atomic E-state index is 12.3. The standard InChI is InChI=1S/C25H30N2O4/c1-26-12-10-20(11-13-26)27(16-18-6-4-5-7-23(18)30-3)17-19-14-25(28)31-24-15-21(29-2)8-9-22(19)24/h4-9,14-15,20H,10-13,16-17H2,1-3H3. The number of para-hydroxylation sites is 1. The fourth-order valence-corrected chi connectivity index (χ4v) is 4.41. The molecule has 1 aliphatic heterocycles. The Bertz CT molecular complexity index is 1090. The van der Waals surface area contributed by atoms with Crippen LogP contribution >= 0.6 is 0 Å². The molecule has 2 heterocycles. The van der Waals surface area contributed by atoms with Crippen LogP contribution in [0.1, 0.15) is 24.0 Å². The van der Waals surface area contributed by atoms with Crippen molar-refractivity contribution in [3.05, 3.63) is 70.1 Å². The lowest BCUT2D eigenvalue weighted by Gasteiger charge is -2.37. The Morgan fingerprint density at radius 1 is 1.00 bits per heavy atom. The van der Waals surface area contributed by atoms with Crippen LogP contribution in [-0.2, 0) is 13.1 Å². The first-order valence-corrected chi connectivity index (χ1v) is 10.7. The van der Waals surface area contributed by atoms with Gasteiger partial charge in [-0.15, -0.1) is 0 Å². The number of rotatable bonds is 7. The van der Waals surface area contributed by atoms with E-state index in [0.717, 1.165) is 54.7 Å². The average Bonchev–Trinajstić information content (AvgIpc) is 2.79. The minimum absolute atomic E-state index is 0.337. The molecule has 0 unspecified atom stereocenters. The van der Waals surface area contributed by atoms with E-state index in [9.17, 15) is 4.79 Å². The molecule has 31 heavy (non-hydrogen) atoms. The Labute approximate surface area is 183 Å². The number of methoxy groups -OCH3 is 2. The van der Waals surface area contributed by atoms with Gasteiger partial charge in [0.25, 0.3) is 0 Å². The first-order chi connectivity index (χ1) is 15.1. The van der Waals surface area contributed by atoms with Gasteiger partial charge in [-0.05, 0) is 56.7 Å². The zero-order chi connectivity index (χ0) is 21.8. The van der Waals surface area contributed by atoms with Crippen molar-refractivity contribution in [3.8, 4) is 11.5 Å². The molecule has 4 rings (SSSR count). The zero-order valence-corrected chi connectivity index (χ0v) is 18.5. The SMILES string of the molecule is COc1ccc2c(CN(Cc3ccccc3OC)C3CCN(C)CC3)cc(=O)oc2c1. The van der Waals surface area contributed by atoms with Crippen molar-refractivity contribution in [3.63, 3.8) is 0 Å². The summed E-state index contributed by atoms with van der Waals surface area (Å²) in [6.45, 7) is 3.57. The molecule has 1 saturated heterocycles. The van der Waals surface area contributed by atoms with Gasteiger partial charge in [0, 0.05) is 42.2 Å². The fraction of sp³-hybridized carbons (Fsp3) is 0.400. The van der Waals surface area contributed by atoms with Crippen LogP contribution in [0.5, 0.6) is 11.5 Å². The highest BCUT2D eigenvalue weighted by atomic mass is 16.5. The number of likely N-dealkylation sites (tertiary alicyclic amines) is 1. The predicted octanol–water partition coefficient (Wildman–Crippen LogP) is 3.91. The molecule has 0 radical (unpaired) electrons. The molecule has 0 amide bonds. The van der Waals surface area contributed by atoms with Crippen LogP contribution in [0.25, 0.3) is 11.0 Å². The van der Waals surface area contributed by atoms with E-state index in [1.54, 1.807) is 26.4 Å². The Morgan fingerprint density at radius 3 is 2.48 bits per heavy atom. The number of hydrogen-bond donors (Lipinski definition) is 0. The number of benzene rings is 2. The van der Waals surface area contributed by atoms with Gasteiger partial charge in [-0.1, -0.05) is 18.2 Å². The molecule has 0 atom stereocenters. The minimum atomic E-state index is -0.337. The molecule has 6 heteroatoms. The lowest BCUT2D eigenvalue weighted by atomic mass is 10.0. The number of piperidine rings is 1. The van der Waals surface area contributed by atoms with Crippen molar-refractivity contribution in [2.75, 3.05) is 34.4 Å².